The zero-order valence-electron chi connectivity index (χ0n) is 15.4. The fourth-order valence-electron chi connectivity index (χ4n) is 3.75. The maximum absolute atomic E-state index is 12.7. The van der Waals surface area contributed by atoms with Gasteiger partial charge < -0.3 is 5.32 Å². The molecule has 1 atom stereocenters. The molecule has 0 aromatic heterocycles. The van der Waals surface area contributed by atoms with Crippen LogP contribution in [0.1, 0.15) is 47.3 Å². The maximum Gasteiger partial charge on any atom is 0.231 e. The van der Waals surface area contributed by atoms with Crippen LogP contribution in [0.3, 0.4) is 0 Å². The summed E-state index contributed by atoms with van der Waals surface area (Å²) in [6.45, 7) is 3.69. The van der Waals surface area contributed by atoms with Crippen molar-refractivity contribution < 1.29 is 9.59 Å². The molecule has 134 valence electrons. The Morgan fingerprint density at radius 1 is 1.07 bits per heavy atom. The van der Waals surface area contributed by atoms with Crippen molar-refractivity contribution in [2.75, 3.05) is 7.05 Å². The predicted octanol–water partition coefficient (Wildman–Crippen LogP) is 2.87. The molecule has 2 aliphatic rings. The summed E-state index contributed by atoms with van der Waals surface area (Å²) < 4.78 is 0. The van der Waals surface area contributed by atoms with Crippen LogP contribution in [-0.4, -0.2) is 29.6 Å². The zero-order valence-corrected chi connectivity index (χ0v) is 15.4. The molecule has 1 aliphatic heterocycles. The Balaban J connectivity index is 1.83. The highest BCUT2D eigenvalue weighted by molar-refractivity contribution is 6.21. The lowest BCUT2D eigenvalue weighted by molar-refractivity contribution is -0.129. The summed E-state index contributed by atoms with van der Waals surface area (Å²) >= 11 is 0. The van der Waals surface area contributed by atoms with E-state index in [1.165, 1.54) is 4.90 Å². The second-order valence-electron chi connectivity index (χ2n) is 7.16. The quantitative estimate of drug-likeness (QED) is 0.658. The van der Waals surface area contributed by atoms with Crippen molar-refractivity contribution in [2.45, 2.75) is 25.8 Å². The van der Waals surface area contributed by atoms with E-state index in [1.54, 1.807) is 14.0 Å². The Bertz CT molecular complexity index is 1070. The molecule has 0 saturated carbocycles. The van der Waals surface area contributed by atoms with Crippen molar-refractivity contribution in [1.29, 1.82) is 5.41 Å². The first-order chi connectivity index (χ1) is 12.8. The zero-order chi connectivity index (χ0) is 19.3. The van der Waals surface area contributed by atoms with E-state index in [9.17, 15) is 9.59 Å². The van der Waals surface area contributed by atoms with Gasteiger partial charge in [0.05, 0.1) is 12.0 Å². The minimum absolute atomic E-state index is 0.00728. The molecule has 1 amide bonds. The highest BCUT2D eigenvalue weighted by Crippen LogP contribution is 2.40. The first-order valence-electron chi connectivity index (χ1n) is 8.74. The van der Waals surface area contributed by atoms with E-state index in [-0.39, 0.29) is 24.1 Å². The van der Waals surface area contributed by atoms with E-state index in [4.69, 9.17) is 5.41 Å². The SMILES string of the molecule is CC#Cc1ccc2c(c1)-c1cc(C3(C)CC(=O)N(C)C(=N)N3)ccc1C2=O. The standard InChI is InChI=1S/C22H19N3O2/c1-4-5-13-6-8-15-17(10-13)18-11-14(7-9-16(18)20(15)27)22(2)12-19(26)25(3)21(23)24-22/h6-11H,12H2,1-3H3,(H2,23,24). The van der Waals surface area contributed by atoms with E-state index in [1.807, 2.05) is 43.3 Å². The molecule has 1 aliphatic carbocycles. The largest absolute Gasteiger partial charge is 0.346 e. The number of nitrogens with one attached hydrogen (secondary N) is 2. The lowest BCUT2D eigenvalue weighted by Crippen LogP contribution is -2.58. The van der Waals surface area contributed by atoms with Crippen LogP contribution in [0.25, 0.3) is 11.1 Å². The predicted molar refractivity (Wildman–Crippen MR) is 103 cm³/mol. The fourth-order valence-corrected chi connectivity index (χ4v) is 3.75. The van der Waals surface area contributed by atoms with Gasteiger partial charge in [0.1, 0.15) is 0 Å². The number of amides is 1. The molecule has 0 bridgehead atoms. The molecular weight excluding hydrogens is 338 g/mol. The van der Waals surface area contributed by atoms with Crippen molar-refractivity contribution in [3.05, 3.63) is 58.7 Å². The minimum atomic E-state index is -0.692. The smallest absolute Gasteiger partial charge is 0.231 e. The number of fused-ring (bicyclic) bond motifs is 3. The van der Waals surface area contributed by atoms with Crippen LogP contribution in [0, 0.1) is 17.3 Å². The molecular formula is C22H19N3O2. The molecule has 0 spiro atoms. The van der Waals surface area contributed by atoms with Gasteiger partial charge in [-0.3, -0.25) is 19.9 Å². The molecule has 1 fully saturated rings. The summed E-state index contributed by atoms with van der Waals surface area (Å²) in [5, 5.41) is 11.2. The average Bonchev–Trinajstić information content (AvgIpc) is 2.92. The lowest BCUT2D eigenvalue weighted by atomic mass is 9.84. The van der Waals surface area contributed by atoms with Crippen molar-refractivity contribution in [2.24, 2.45) is 0 Å². The third kappa shape index (κ3) is 2.53. The summed E-state index contributed by atoms with van der Waals surface area (Å²) in [5.41, 5.74) is 4.11. The number of carbonyl (C=O) groups excluding carboxylic acids is 2. The number of hydrogen-bond donors (Lipinski definition) is 2. The highest BCUT2D eigenvalue weighted by atomic mass is 16.2. The van der Waals surface area contributed by atoms with Crippen molar-refractivity contribution in [3.63, 3.8) is 0 Å². The highest BCUT2D eigenvalue weighted by Gasteiger charge is 2.39. The molecule has 0 radical (unpaired) electrons. The molecule has 2 aromatic carbocycles. The van der Waals surface area contributed by atoms with Gasteiger partial charge in [0.25, 0.3) is 0 Å². The van der Waals surface area contributed by atoms with E-state index < -0.39 is 5.54 Å². The van der Waals surface area contributed by atoms with E-state index >= 15 is 0 Å². The van der Waals surface area contributed by atoms with Crippen LogP contribution in [0.15, 0.2) is 36.4 Å². The Morgan fingerprint density at radius 3 is 2.41 bits per heavy atom. The Morgan fingerprint density at radius 2 is 1.74 bits per heavy atom. The summed E-state index contributed by atoms with van der Waals surface area (Å²) in [4.78, 5) is 26.3. The topological polar surface area (TPSA) is 73.3 Å². The molecule has 27 heavy (non-hydrogen) atoms. The van der Waals surface area contributed by atoms with Gasteiger partial charge in [-0.1, -0.05) is 18.1 Å². The number of nitrogens with zero attached hydrogens (tertiary/aromatic N) is 1. The Kier molecular flexibility index (Phi) is 3.67. The summed E-state index contributed by atoms with van der Waals surface area (Å²) in [7, 11) is 1.59. The number of rotatable bonds is 1. The second-order valence-corrected chi connectivity index (χ2v) is 7.16. The Labute approximate surface area is 157 Å². The fraction of sp³-hybridized carbons (Fsp3) is 0.227. The molecule has 5 nitrogen and oxygen atoms in total. The summed E-state index contributed by atoms with van der Waals surface area (Å²) in [6.07, 6.45) is 0.243. The van der Waals surface area contributed by atoms with Gasteiger partial charge in [-0.05, 0) is 54.8 Å². The van der Waals surface area contributed by atoms with E-state index in [0.29, 0.717) is 11.1 Å². The van der Waals surface area contributed by atoms with Crippen molar-refractivity contribution >= 4 is 17.6 Å². The number of ketones is 1. The van der Waals surface area contributed by atoms with Crippen LogP contribution in [0.4, 0.5) is 0 Å². The van der Waals surface area contributed by atoms with Crippen LogP contribution < -0.4 is 5.32 Å². The molecule has 5 heteroatoms. The van der Waals surface area contributed by atoms with Gasteiger partial charge in [-0.25, -0.2) is 0 Å². The minimum Gasteiger partial charge on any atom is -0.346 e. The Hall–Kier alpha value is -3.39. The van der Waals surface area contributed by atoms with Crippen LogP contribution >= 0.6 is 0 Å². The second kappa shape index (κ2) is 5.82. The molecule has 2 N–H and O–H groups in total. The molecule has 1 unspecified atom stereocenters. The summed E-state index contributed by atoms with van der Waals surface area (Å²) in [5.74, 6) is 5.89. The number of carbonyl (C=O) groups is 2. The number of benzene rings is 2. The first kappa shape index (κ1) is 17.0. The van der Waals surface area contributed by atoms with E-state index in [0.717, 1.165) is 22.3 Å². The normalized spacial score (nSPS) is 20.6. The van der Waals surface area contributed by atoms with Gasteiger partial charge in [0, 0.05) is 23.7 Å². The molecule has 4 rings (SSSR count). The molecule has 1 heterocycles. The number of hydrogen-bond acceptors (Lipinski definition) is 3. The van der Waals surface area contributed by atoms with Crippen molar-refractivity contribution in [1.82, 2.24) is 10.2 Å². The van der Waals surface area contributed by atoms with Gasteiger partial charge in [-0.2, -0.15) is 0 Å². The van der Waals surface area contributed by atoms with Crippen LogP contribution in [-0.2, 0) is 10.3 Å². The van der Waals surface area contributed by atoms with Gasteiger partial charge in [-0.15, -0.1) is 5.92 Å². The van der Waals surface area contributed by atoms with Crippen LogP contribution in [0.5, 0.6) is 0 Å². The lowest BCUT2D eigenvalue weighted by Gasteiger charge is -2.39. The summed E-state index contributed by atoms with van der Waals surface area (Å²) in [6, 6.07) is 11.3. The monoisotopic (exact) mass is 357 g/mol. The first-order valence-corrected chi connectivity index (χ1v) is 8.74. The van der Waals surface area contributed by atoms with Gasteiger partial charge >= 0.3 is 0 Å². The van der Waals surface area contributed by atoms with Crippen molar-refractivity contribution in [3.8, 4) is 23.0 Å². The van der Waals surface area contributed by atoms with Gasteiger partial charge in [0.2, 0.25) is 5.91 Å². The third-order valence-corrected chi connectivity index (χ3v) is 5.33. The average molecular weight is 357 g/mol. The molecule has 2 aromatic rings. The molecule has 1 saturated heterocycles. The van der Waals surface area contributed by atoms with Crippen LogP contribution in [0.2, 0.25) is 0 Å². The number of guanidine groups is 1. The maximum atomic E-state index is 12.7. The van der Waals surface area contributed by atoms with Gasteiger partial charge in [0.15, 0.2) is 11.7 Å². The third-order valence-electron chi connectivity index (χ3n) is 5.33. The van der Waals surface area contributed by atoms with E-state index in [2.05, 4.69) is 17.2 Å².